The van der Waals surface area contributed by atoms with E-state index in [0.717, 1.165) is 31.4 Å². The van der Waals surface area contributed by atoms with Gasteiger partial charge in [-0.15, -0.1) is 0 Å². The van der Waals surface area contributed by atoms with Crippen LogP contribution in [0.25, 0.3) is 0 Å². The van der Waals surface area contributed by atoms with E-state index < -0.39 is 0 Å². The highest BCUT2D eigenvalue weighted by Crippen LogP contribution is 2.47. The number of para-hydroxylation sites is 1. The number of nitrogens with one attached hydrogen (secondary N) is 2. The second-order valence-electron chi connectivity index (χ2n) is 5.75. The lowest BCUT2D eigenvalue weighted by atomic mass is 10.0. The minimum Gasteiger partial charge on any atom is -0.396 e. The molecule has 1 saturated carbocycles. The number of aliphatic hydroxyl groups is 1. The Balaban J connectivity index is 1.53. The summed E-state index contributed by atoms with van der Waals surface area (Å²) in [7, 11) is 0. The van der Waals surface area contributed by atoms with Crippen molar-refractivity contribution in [3.63, 3.8) is 0 Å². The lowest BCUT2D eigenvalue weighted by molar-refractivity contribution is -0.122. The van der Waals surface area contributed by atoms with E-state index in [4.69, 9.17) is 5.11 Å². The van der Waals surface area contributed by atoms with Crippen LogP contribution in [0.1, 0.15) is 24.8 Å². The van der Waals surface area contributed by atoms with E-state index in [9.17, 15) is 4.79 Å². The quantitative estimate of drug-likeness (QED) is 0.748. The van der Waals surface area contributed by atoms with Crippen molar-refractivity contribution in [2.75, 3.05) is 18.5 Å². The van der Waals surface area contributed by atoms with E-state index in [-0.39, 0.29) is 24.0 Å². The smallest absolute Gasteiger partial charge is 0.242 e. The summed E-state index contributed by atoms with van der Waals surface area (Å²) in [6.45, 7) is 0.907. The number of amides is 1. The highest BCUT2D eigenvalue weighted by atomic mass is 16.3. The Bertz CT molecular complexity index is 458. The molecule has 0 bridgehead atoms. The van der Waals surface area contributed by atoms with Crippen LogP contribution in [-0.2, 0) is 11.2 Å². The molecule has 19 heavy (non-hydrogen) atoms. The Labute approximate surface area is 113 Å². The standard InChI is InChI=1S/C15H20N2O2/c18-8-7-15(5-6-15)10-16-14(19)13-9-11-3-1-2-4-12(11)17-13/h1-4,13,17-18H,5-10H2,(H,16,19)/t13-/m0/s1. The van der Waals surface area contributed by atoms with Crippen LogP contribution in [0.5, 0.6) is 0 Å². The molecule has 0 unspecified atom stereocenters. The molecular formula is C15H20N2O2. The monoisotopic (exact) mass is 260 g/mol. The molecule has 2 aliphatic rings. The number of hydrogen-bond acceptors (Lipinski definition) is 3. The van der Waals surface area contributed by atoms with E-state index >= 15 is 0 Å². The van der Waals surface area contributed by atoms with Gasteiger partial charge in [-0.2, -0.15) is 0 Å². The van der Waals surface area contributed by atoms with Gasteiger partial charge in [0.05, 0.1) is 0 Å². The van der Waals surface area contributed by atoms with Crippen molar-refractivity contribution in [3.05, 3.63) is 29.8 Å². The van der Waals surface area contributed by atoms with Crippen LogP contribution in [0.15, 0.2) is 24.3 Å². The molecule has 0 spiro atoms. The number of anilines is 1. The van der Waals surface area contributed by atoms with Gasteiger partial charge in [-0.3, -0.25) is 4.79 Å². The van der Waals surface area contributed by atoms with Crippen molar-refractivity contribution < 1.29 is 9.90 Å². The van der Waals surface area contributed by atoms with Crippen molar-refractivity contribution in [1.82, 2.24) is 5.32 Å². The zero-order chi connectivity index (χ0) is 13.3. The first kappa shape index (κ1) is 12.5. The lowest BCUT2D eigenvalue weighted by Gasteiger charge is -2.17. The molecule has 1 fully saturated rings. The van der Waals surface area contributed by atoms with Gasteiger partial charge in [0, 0.05) is 25.3 Å². The van der Waals surface area contributed by atoms with Crippen LogP contribution in [0, 0.1) is 5.41 Å². The third-order valence-corrected chi connectivity index (χ3v) is 4.32. The minimum absolute atomic E-state index is 0.0698. The summed E-state index contributed by atoms with van der Waals surface area (Å²) in [5, 5.41) is 15.3. The Morgan fingerprint density at radius 3 is 2.89 bits per heavy atom. The van der Waals surface area contributed by atoms with Gasteiger partial charge in [-0.25, -0.2) is 0 Å². The largest absolute Gasteiger partial charge is 0.396 e. The van der Waals surface area contributed by atoms with Gasteiger partial charge in [0.25, 0.3) is 0 Å². The van der Waals surface area contributed by atoms with Gasteiger partial charge in [-0.05, 0) is 36.3 Å². The summed E-state index contributed by atoms with van der Waals surface area (Å²) < 4.78 is 0. The zero-order valence-corrected chi connectivity index (χ0v) is 11.0. The Hall–Kier alpha value is -1.55. The first-order valence-electron chi connectivity index (χ1n) is 6.95. The third-order valence-electron chi connectivity index (χ3n) is 4.32. The molecule has 102 valence electrons. The van der Waals surface area contributed by atoms with Gasteiger partial charge in [0.1, 0.15) is 6.04 Å². The number of benzene rings is 1. The van der Waals surface area contributed by atoms with Crippen LogP contribution in [0.2, 0.25) is 0 Å². The molecule has 4 nitrogen and oxygen atoms in total. The fourth-order valence-electron chi connectivity index (χ4n) is 2.78. The van der Waals surface area contributed by atoms with E-state index in [1.807, 2.05) is 18.2 Å². The third kappa shape index (κ3) is 2.59. The summed E-state index contributed by atoms with van der Waals surface area (Å²) in [5.74, 6) is 0.0698. The Morgan fingerprint density at radius 2 is 2.21 bits per heavy atom. The van der Waals surface area contributed by atoms with E-state index in [1.54, 1.807) is 0 Å². The summed E-state index contributed by atoms with van der Waals surface area (Å²) in [4.78, 5) is 12.2. The molecule has 0 aromatic heterocycles. The summed E-state index contributed by atoms with van der Waals surface area (Å²) in [6.07, 6.45) is 3.79. The molecule has 1 aromatic rings. The second-order valence-corrected chi connectivity index (χ2v) is 5.75. The molecular weight excluding hydrogens is 240 g/mol. The van der Waals surface area contributed by atoms with Gasteiger partial charge in [0.15, 0.2) is 0 Å². The van der Waals surface area contributed by atoms with Gasteiger partial charge in [0.2, 0.25) is 5.91 Å². The molecule has 0 saturated heterocycles. The maximum Gasteiger partial charge on any atom is 0.242 e. The molecule has 1 amide bonds. The van der Waals surface area contributed by atoms with Crippen molar-refractivity contribution in [3.8, 4) is 0 Å². The topological polar surface area (TPSA) is 61.4 Å². The molecule has 1 heterocycles. The molecule has 1 aromatic carbocycles. The number of rotatable bonds is 5. The molecule has 3 N–H and O–H groups in total. The van der Waals surface area contributed by atoms with Crippen LogP contribution in [0.4, 0.5) is 5.69 Å². The van der Waals surface area contributed by atoms with Gasteiger partial charge in [-0.1, -0.05) is 18.2 Å². The Kier molecular flexibility index (Phi) is 3.19. The minimum atomic E-state index is -0.151. The summed E-state index contributed by atoms with van der Waals surface area (Å²) >= 11 is 0. The Morgan fingerprint density at radius 1 is 1.42 bits per heavy atom. The average molecular weight is 260 g/mol. The summed E-state index contributed by atoms with van der Waals surface area (Å²) in [5.41, 5.74) is 2.45. The molecule has 0 radical (unpaired) electrons. The highest BCUT2D eigenvalue weighted by Gasteiger charge is 2.42. The zero-order valence-electron chi connectivity index (χ0n) is 11.0. The number of aliphatic hydroxyl groups excluding tert-OH is 1. The van der Waals surface area contributed by atoms with E-state index in [2.05, 4.69) is 16.7 Å². The second kappa shape index (κ2) is 4.85. The van der Waals surface area contributed by atoms with Crippen molar-refractivity contribution in [2.24, 2.45) is 5.41 Å². The van der Waals surface area contributed by atoms with E-state index in [0.29, 0.717) is 6.54 Å². The molecule has 4 heteroatoms. The average Bonchev–Trinajstić information content (AvgIpc) is 3.04. The highest BCUT2D eigenvalue weighted by molar-refractivity contribution is 5.87. The predicted octanol–water partition coefficient (Wildman–Crippen LogP) is 1.30. The van der Waals surface area contributed by atoms with Crippen LogP contribution < -0.4 is 10.6 Å². The predicted molar refractivity (Wildman–Crippen MR) is 73.9 cm³/mol. The number of carbonyl (C=O) groups excluding carboxylic acids is 1. The van der Waals surface area contributed by atoms with Crippen LogP contribution in [-0.4, -0.2) is 30.2 Å². The molecule has 1 aliphatic heterocycles. The fourth-order valence-corrected chi connectivity index (χ4v) is 2.78. The maximum absolute atomic E-state index is 12.2. The molecule has 1 aliphatic carbocycles. The number of carbonyl (C=O) groups is 1. The number of hydrogen-bond donors (Lipinski definition) is 3. The first-order valence-corrected chi connectivity index (χ1v) is 6.95. The van der Waals surface area contributed by atoms with Crippen LogP contribution in [0.3, 0.4) is 0 Å². The SMILES string of the molecule is O=C(NCC1(CCO)CC1)[C@@H]1Cc2ccccc2N1. The maximum atomic E-state index is 12.2. The normalized spacial score (nSPS) is 22.5. The fraction of sp³-hybridized carbons (Fsp3) is 0.533. The van der Waals surface area contributed by atoms with Crippen molar-refractivity contribution >= 4 is 11.6 Å². The van der Waals surface area contributed by atoms with E-state index in [1.165, 1.54) is 5.56 Å². The number of fused-ring (bicyclic) bond motifs is 1. The van der Waals surface area contributed by atoms with Crippen molar-refractivity contribution in [2.45, 2.75) is 31.7 Å². The lowest BCUT2D eigenvalue weighted by Crippen LogP contribution is -2.41. The van der Waals surface area contributed by atoms with Gasteiger partial charge < -0.3 is 15.7 Å². The summed E-state index contributed by atoms with van der Waals surface area (Å²) in [6, 6.07) is 7.90. The van der Waals surface area contributed by atoms with Crippen molar-refractivity contribution in [1.29, 1.82) is 0 Å². The van der Waals surface area contributed by atoms with Crippen LogP contribution >= 0.6 is 0 Å². The molecule has 1 atom stereocenters. The molecule has 3 rings (SSSR count). The van der Waals surface area contributed by atoms with Gasteiger partial charge >= 0.3 is 0 Å². The first-order chi connectivity index (χ1) is 9.22.